The molecule has 4 heterocycles. The second-order valence-electron chi connectivity index (χ2n) is 8.18. The van der Waals surface area contributed by atoms with Crippen molar-refractivity contribution in [3.05, 3.63) is 23.3 Å². The van der Waals surface area contributed by atoms with Crippen LogP contribution in [0.3, 0.4) is 0 Å². The van der Waals surface area contributed by atoms with Crippen molar-refractivity contribution in [2.24, 2.45) is 12.5 Å². The number of fused-ring (bicyclic) bond motifs is 1. The van der Waals surface area contributed by atoms with Crippen LogP contribution in [-0.2, 0) is 32.6 Å². The second-order valence-corrected chi connectivity index (χ2v) is 11.2. The minimum atomic E-state index is -1.19. The molecule has 182 valence electrons. The average Bonchev–Trinajstić information content (AvgIpc) is 3.44. The van der Waals surface area contributed by atoms with E-state index in [1.807, 2.05) is 11.4 Å². The smallest absolute Gasteiger partial charge is 0.313 e. The van der Waals surface area contributed by atoms with Crippen molar-refractivity contribution in [2.75, 3.05) is 23.0 Å². The van der Waals surface area contributed by atoms with E-state index in [0.717, 1.165) is 0 Å². The van der Waals surface area contributed by atoms with Gasteiger partial charge < -0.3 is 19.7 Å². The predicted octanol–water partition coefficient (Wildman–Crippen LogP) is 1.39. The van der Waals surface area contributed by atoms with Crippen molar-refractivity contribution >= 4 is 63.6 Å². The van der Waals surface area contributed by atoms with Gasteiger partial charge in [-0.2, -0.15) is 0 Å². The first kappa shape index (κ1) is 24.5. The largest absolute Gasteiger partial charge is 0.481 e. The Morgan fingerprint density at radius 2 is 2.09 bits per heavy atom. The van der Waals surface area contributed by atoms with E-state index in [-0.39, 0.29) is 48.1 Å². The number of aliphatic carboxylic acids is 2. The van der Waals surface area contributed by atoms with E-state index < -0.39 is 23.4 Å². The van der Waals surface area contributed by atoms with Crippen LogP contribution < -0.4 is 4.90 Å². The minimum absolute atomic E-state index is 0.0439. The molecule has 2 unspecified atom stereocenters. The molecule has 2 amide bonds. The lowest BCUT2D eigenvalue weighted by Crippen LogP contribution is -2.74. The van der Waals surface area contributed by atoms with Gasteiger partial charge in [0.25, 0.3) is 0 Å². The van der Waals surface area contributed by atoms with Crippen LogP contribution in [0.5, 0.6) is 0 Å². The summed E-state index contributed by atoms with van der Waals surface area (Å²) >= 11 is 3.97. The Hall–Kier alpha value is -2.58. The monoisotopic (exact) mass is 525 g/mol. The van der Waals surface area contributed by atoms with Gasteiger partial charge in [0, 0.05) is 38.4 Å². The zero-order valence-electron chi connectivity index (χ0n) is 18.4. The number of hydrogen-bond acceptors (Lipinski definition) is 9. The molecule has 2 aliphatic rings. The number of carbonyl (C=O) groups is 4. The third kappa shape index (κ3) is 4.41. The van der Waals surface area contributed by atoms with E-state index in [4.69, 9.17) is 5.11 Å². The summed E-state index contributed by atoms with van der Waals surface area (Å²) in [6.45, 7) is 1.47. The summed E-state index contributed by atoms with van der Waals surface area (Å²) in [7, 11) is 1.71. The molecule has 0 spiro atoms. The molecule has 0 bridgehead atoms. The summed E-state index contributed by atoms with van der Waals surface area (Å²) in [5.74, 6) is -1.47. The van der Waals surface area contributed by atoms with Crippen LogP contribution in [0.2, 0.25) is 0 Å². The standard InChI is InChI=1S/C20H23N5O6S3/c1-11(26)25(13-4-3-7-32-13)15-16(29)24-8-20(18(30)31,9-33-17(15)24)10-34-19-22-21-12(23(19)2)5-6-14(27)28/h3-4,7,15,17H,5-6,8-10H2,1-2H3,(H,27,28)(H,30,31)/t15?,17-,20?/m1/s1. The molecule has 3 atom stereocenters. The lowest BCUT2D eigenvalue weighted by Gasteiger charge is -2.55. The molecule has 0 aromatic carbocycles. The number of thioether (sulfide) groups is 2. The highest BCUT2D eigenvalue weighted by atomic mass is 32.2. The van der Waals surface area contributed by atoms with Crippen molar-refractivity contribution in [1.29, 1.82) is 0 Å². The molecular weight excluding hydrogens is 502 g/mol. The Morgan fingerprint density at radius 3 is 2.71 bits per heavy atom. The van der Waals surface area contributed by atoms with Crippen LogP contribution in [-0.4, -0.2) is 83.1 Å². The maximum atomic E-state index is 13.1. The first-order chi connectivity index (χ1) is 16.1. The third-order valence-electron chi connectivity index (χ3n) is 5.90. The molecule has 2 N–H and O–H groups in total. The summed E-state index contributed by atoms with van der Waals surface area (Å²) in [5, 5.41) is 29.8. The van der Waals surface area contributed by atoms with Gasteiger partial charge in [0.1, 0.15) is 22.7 Å². The van der Waals surface area contributed by atoms with E-state index in [1.54, 1.807) is 22.6 Å². The number of carbonyl (C=O) groups excluding carboxylic acids is 2. The van der Waals surface area contributed by atoms with Crippen molar-refractivity contribution in [3.63, 3.8) is 0 Å². The highest BCUT2D eigenvalue weighted by Crippen LogP contribution is 2.46. The molecule has 2 saturated heterocycles. The molecule has 0 saturated carbocycles. The number of aryl methyl sites for hydroxylation is 1. The first-order valence-electron chi connectivity index (χ1n) is 10.4. The third-order valence-corrected chi connectivity index (χ3v) is 9.65. The zero-order chi connectivity index (χ0) is 24.6. The maximum absolute atomic E-state index is 13.1. The van der Waals surface area contributed by atoms with Crippen LogP contribution in [0.4, 0.5) is 5.00 Å². The van der Waals surface area contributed by atoms with E-state index in [9.17, 15) is 24.3 Å². The number of hydrogen-bond donors (Lipinski definition) is 2. The average molecular weight is 526 g/mol. The number of amides is 2. The maximum Gasteiger partial charge on any atom is 0.313 e. The summed E-state index contributed by atoms with van der Waals surface area (Å²) < 4.78 is 1.67. The lowest BCUT2D eigenvalue weighted by atomic mass is 9.89. The number of β-lactam (4-membered cyclic amide) rings is 1. The molecule has 4 rings (SSSR count). The molecule has 34 heavy (non-hydrogen) atoms. The molecule has 2 fully saturated rings. The van der Waals surface area contributed by atoms with Gasteiger partial charge in [-0.25, -0.2) is 0 Å². The van der Waals surface area contributed by atoms with Gasteiger partial charge in [0.2, 0.25) is 11.8 Å². The van der Waals surface area contributed by atoms with Crippen LogP contribution in [0.15, 0.2) is 22.7 Å². The van der Waals surface area contributed by atoms with Gasteiger partial charge in [0.05, 0.1) is 11.4 Å². The molecule has 14 heteroatoms. The van der Waals surface area contributed by atoms with Crippen molar-refractivity contribution < 1.29 is 29.4 Å². The minimum Gasteiger partial charge on any atom is -0.481 e. The molecule has 2 aromatic heterocycles. The highest BCUT2D eigenvalue weighted by Gasteiger charge is 2.59. The molecule has 0 radical (unpaired) electrons. The van der Waals surface area contributed by atoms with Gasteiger partial charge in [-0.1, -0.05) is 11.8 Å². The summed E-state index contributed by atoms with van der Waals surface area (Å²) in [6.07, 6.45) is 0.149. The first-order valence-corrected chi connectivity index (χ1v) is 13.3. The number of carboxylic acids is 2. The molecule has 11 nitrogen and oxygen atoms in total. The van der Waals surface area contributed by atoms with Gasteiger partial charge >= 0.3 is 11.9 Å². The van der Waals surface area contributed by atoms with E-state index >= 15 is 0 Å². The number of thiophene rings is 1. The molecular formula is C20H23N5O6S3. The lowest BCUT2D eigenvalue weighted by molar-refractivity contribution is -0.156. The zero-order valence-corrected chi connectivity index (χ0v) is 20.9. The SMILES string of the molecule is CC(=O)N(c1cccs1)C1C(=O)N2CC(CSc3nnc(CCC(=O)O)n3C)(C(=O)O)CS[C@H]12. The van der Waals surface area contributed by atoms with Crippen LogP contribution in [0.25, 0.3) is 0 Å². The molecule has 2 aliphatic heterocycles. The van der Waals surface area contributed by atoms with Gasteiger partial charge in [-0.15, -0.1) is 33.3 Å². The fourth-order valence-corrected chi connectivity index (χ4v) is 7.64. The predicted molar refractivity (Wildman–Crippen MR) is 127 cm³/mol. The van der Waals surface area contributed by atoms with E-state index in [1.165, 1.54) is 46.7 Å². The summed E-state index contributed by atoms with van der Waals surface area (Å²) in [6, 6.07) is 2.97. The molecule has 2 aromatic rings. The Bertz CT molecular complexity index is 1120. The number of nitrogens with zero attached hydrogens (tertiary/aromatic N) is 5. The van der Waals surface area contributed by atoms with E-state index in [0.29, 0.717) is 16.0 Å². The quantitative estimate of drug-likeness (QED) is 0.364. The van der Waals surface area contributed by atoms with Crippen molar-refractivity contribution in [2.45, 2.75) is 36.3 Å². The van der Waals surface area contributed by atoms with Crippen molar-refractivity contribution in [3.8, 4) is 0 Å². The van der Waals surface area contributed by atoms with Gasteiger partial charge in [-0.05, 0) is 17.5 Å². The summed E-state index contributed by atoms with van der Waals surface area (Å²) in [5.41, 5.74) is -1.19. The molecule has 0 aliphatic carbocycles. The highest BCUT2D eigenvalue weighted by molar-refractivity contribution is 8.00. The van der Waals surface area contributed by atoms with Gasteiger partial charge in [0.15, 0.2) is 5.16 Å². The number of aromatic nitrogens is 3. The van der Waals surface area contributed by atoms with Crippen molar-refractivity contribution in [1.82, 2.24) is 19.7 Å². The Labute approximate surface area is 207 Å². The fraction of sp³-hybridized carbons (Fsp3) is 0.500. The Morgan fingerprint density at radius 1 is 1.32 bits per heavy atom. The normalized spacial score (nSPS) is 23.8. The Kier molecular flexibility index (Phi) is 6.92. The number of rotatable bonds is 9. The summed E-state index contributed by atoms with van der Waals surface area (Å²) in [4.78, 5) is 51.6. The van der Waals surface area contributed by atoms with Crippen LogP contribution >= 0.6 is 34.9 Å². The van der Waals surface area contributed by atoms with Gasteiger partial charge in [-0.3, -0.25) is 24.1 Å². The Balaban J connectivity index is 1.46. The van der Waals surface area contributed by atoms with Crippen LogP contribution in [0.1, 0.15) is 19.2 Å². The van der Waals surface area contributed by atoms with E-state index in [2.05, 4.69) is 10.2 Å². The fourth-order valence-electron chi connectivity index (χ4n) is 3.99. The number of carboxylic acid groups (broad SMARTS) is 2. The second kappa shape index (κ2) is 9.58. The van der Waals surface area contributed by atoms with Crippen LogP contribution in [0, 0.1) is 5.41 Å². The topological polar surface area (TPSA) is 146 Å². The number of anilines is 1.